The smallest absolute Gasteiger partial charge is 0.0462 e. The molecule has 0 spiro atoms. The number of allylic oxidation sites excluding steroid dienone is 1. The summed E-state index contributed by atoms with van der Waals surface area (Å²) in [4.78, 5) is 3.54. The number of aromatic amines is 1. The van der Waals surface area contributed by atoms with E-state index in [1.165, 1.54) is 33.3 Å². The van der Waals surface area contributed by atoms with Gasteiger partial charge in [-0.15, -0.1) is 0 Å². The molecule has 1 atom stereocenters. The molecule has 1 heterocycles. The number of rotatable bonds is 1. The summed E-state index contributed by atoms with van der Waals surface area (Å²) in [6.07, 6.45) is 5.62. The second kappa shape index (κ2) is 4.38. The molecule has 0 bridgehead atoms. The molecular formula is C19H17N. The van der Waals surface area contributed by atoms with Crippen LogP contribution in [-0.2, 0) is 0 Å². The van der Waals surface area contributed by atoms with Crippen LogP contribution in [0.2, 0.25) is 0 Å². The van der Waals surface area contributed by atoms with E-state index in [2.05, 4.69) is 72.6 Å². The lowest BCUT2D eigenvalue weighted by Gasteiger charge is -2.14. The molecule has 0 saturated carbocycles. The van der Waals surface area contributed by atoms with E-state index in [0.717, 1.165) is 6.42 Å². The average Bonchev–Trinajstić information content (AvgIpc) is 2.87. The molecule has 0 saturated heterocycles. The lowest BCUT2D eigenvalue weighted by atomic mass is 9.90. The summed E-state index contributed by atoms with van der Waals surface area (Å²) in [6.45, 7) is 2.31. The van der Waals surface area contributed by atoms with Crippen molar-refractivity contribution in [3.63, 3.8) is 0 Å². The van der Waals surface area contributed by atoms with Crippen molar-refractivity contribution in [1.82, 2.24) is 4.98 Å². The highest BCUT2D eigenvalue weighted by Crippen LogP contribution is 2.37. The van der Waals surface area contributed by atoms with Crippen LogP contribution >= 0.6 is 0 Å². The Balaban J connectivity index is 1.95. The predicted molar refractivity (Wildman–Crippen MR) is 85.8 cm³/mol. The molecule has 4 rings (SSSR count). The quantitative estimate of drug-likeness (QED) is 0.606. The third kappa shape index (κ3) is 1.70. The molecule has 20 heavy (non-hydrogen) atoms. The number of hydrogen-bond acceptors (Lipinski definition) is 0. The van der Waals surface area contributed by atoms with Crippen molar-refractivity contribution in [3.05, 3.63) is 65.9 Å². The standard InChI is InChI=1S/C19H17N/c1-13-6-5-9-18-19(13)16-12-15(10-11-17(16)20-18)14-7-3-2-4-8-14/h2-5,7-13,20H,6H2,1H3. The fourth-order valence-corrected chi connectivity index (χ4v) is 3.21. The van der Waals surface area contributed by atoms with Crippen molar-refractivity contribution in [1.29, 1.82) is 0 Å². The first-order valence-corrected chi connectivity index (χ1v) is 7.20. The third-order valence-electron chi connectivity index (χ3n) is 4.24. The molecule has 0 aliphatic heterocycles. The van der Waals surface area contributed by atoms with Gasteiger partial charge in [-0.3, -0.25) is 0 Å². The summed E-state index contributed by atoms with van der Waals surface area (Å²) in [7, 11) is 0. The number of hydrogen-bond donors (Lipinski definition) is 1. The van der Waals surface area contributed by atoms with E-state index in [1.54, 1.807) is 0 Å². The zero-order valence-electron chi connectivity index (χ0n) is 11.6. The Bertz CT molecular complexity index is 793. The molecule has 98 valence electrons. The van der Waals surface area contributed by atoms with Crippen LogP contribution in [0.3, 0.4) is 0 Å². The van der Waals surface area contributed by atoms with Crippen LogP contribution in [0.25, 0.3) is 28.1 Å². The topological polar surface area (TPSA) is 15.8 Å². The van der Waals surface area contributed by atoms with Gasteiger partial charge in [0.25, 0.3) is 0 Å². The summed E-state index contributed by atoms with van der Waals surface area (Å²) in [6, 6.07) is 17.3. The molecule has 0 radical (unpaired) electrons. The number of nitrogens with one attached hydrogen (secondary N) is 1. The van der Waals surface area contributed by atoms with Gasteiger partial charge in [0.05, 0.1) is 0 Å². The minimum atomic E-state index is 0.592. The second-order valence-electron chi connectivity index (χ2n) is 5.62. The van der Waals surface area contributed by atoms with Crippen LogP contribution in [0.1, 0.15) is 30.5 Å². The molecule has 0 fully saturated rings. The second-order valence-corrected chi connectivity index (χ2v) is 5.62. The fourth-order valence-electron chi connectivity index (χ4n) is 3.21. The maximum absolute atomic E-state index is 3.54. The highest BCUT2D eigenvalue weighted by molar-refractivity contribution is 5.92. The number of H-pyrrole nitrogens is 1. The van der Waals surface area contributed by atoms with E-state index in [9.17, 15) is 0 Å². The monoisotopic (exact) mass is 259 g/mol. The maximum Gasteiger partial charge on any atom is 0.0462 e. The van der Waals surface area contributed by atoms with Crippen molar-refractivity contribution >= 4 is 17.0 Å². The van der Waals surface area contributed by atoms with Crippen molar-refractivity contribution in [3.8, 4) is 11.1 Å². The van der Waals surface area contributed by atoms with Gasteiger partial charge in [-0.05, 0) is 47.2 Å². The minimum Gasteiger partial charge on any atom is -0.355 e. The van der Waals surface area contributed by atoms with E-state index in [-0.39, 0.29) is 0 Å². The molecule has 1 nitrogen and oxygen atoms in total. The fraction of sp³-hybridized carbons (Fsp3) is 0.158. The highest BCUT2D eigenvalue weighted by atomic mass is 14.7. The molecule has 1 aromatic heterocycles. The molecule has 1 unspecified atom stereocenters. The van der Waals surface area contributed by atoms with Gasteiger partial charge < -0.3 is 4.98 Å². The normalized spacial score (nSPS) is 17.4. The third-order valence-corrected chi connectivity index (χ3v) is 4.24. The number of aromatic nitrogens is 1. The maximum atomic E-state index is 3.54. The Kier molecular flexibility index (Phi) is 2.53. The molecule has 1 aliphatic carbocycles. The summed E-state index contributed by atoms with van der Waals surface area (Å²) in [5.41, 5.74) is 6.57. The molecule has 0 amide bonds. The van der Waals surface area contributed by atoms with Crippen LogP contribution in [0.15, 0.2) is 54.6 Å². The molecule has 2 aromatic carbocycles. The van der Waals surface area contributed by atoms with Crippen molar-refractivity contribution in [2.24, 2.45) is 0 Å². The minimum absolute atomic E-state index is 0.592. The first-order valence-electron chi connectivity index (χ1n) is 7.20. The van der Waals surface area contributed by atoms with Gasteiger partial charge in [-0.1, -0.05) is 49.4 Å². The van der Waals surface area contributed by atoms with E-state index in [1.807, 2.05) is 0 Å². The molecule has 1 heteroatoms. The Morgan fingerprint density at radius 2 is 1.85 bits per heavy atom. The number of benzene rings is 2. The lowest BCUT2D eigenvalue weighted by molar-refractivity contribution is 0.778. The largest absolute Gasteiger partial charge is 0.355 e. The van der Waals surface area contributed by atoms with Gasteiger partial charge in [-0.2, -0.15) is 0 Å². The lowest BCUT2D eigenvalue weighted by Crippen LogP contribution is -1.97. The van der Waals surface area contributed by atoms with Gasteiger partial charge in [0.1, 0.15) is 0 Å². The van der Waals surface area contributed by atoms with E-state index in [0.29, 0.717) is 5.92 Å². The zero-order valence-corrected chi connectivity index (χ0v) is 11.6. The van der Waals surface area contributed by atoms with Crippen molar-refractivity contribution in [2.75, 3.05) is 0 Å². The van der Waals surface area contributed by atoms with E-state index < -0.39 is 0 Å². The first kappa shape index (κ1) is 11.5. The van der Waals surface area contributed by atoms with E-state index >= 15 is 0 Å². The van der Waals surface area contributed by atoms with Crippen molar-refractivity contribution < 1.29 is 0 Å². The average molecular weight is 259 g/mol. The summed E-state index contributed by atoms with van der Waals surface area (Å²) in [5.74, 6) is 0.592. The van der Waals surface area contributed by atoms with Crippen LogP contribution in [0.5, 0.6) is 0 Å². The molecule has 1 N–H and O–H groups in total. The van der Waals surface area contributed by atoms with Crippen molar-refractivity contribution in [2.45, 2.75) is 19.3 Å². The van der Waals surface area contributed by atoms with Crippen LogP contribution in [0, 0.1) is 0 Å². The van der Waals surface area contributed by atoms with Crippen LogP contribution in [-0.4, -0.2) is 4.98 Å². The zero-order chi connectivity index (χ0) is 13.5. The SMILES string of the molecule is CC1CC=Cc2[nH]c3ccc(-c4ccccc4)cc3c21. The van der Waals surface area contributed by atoms with Gasteiger partial charge in [0.15, 0.2) is 0 Å². The number of fused-ring (bicyclic) bond motifs is 3. The summed E-state index contributed by atoms with van der Waals surface area (Å²) < 4.78 is 0. The highest BCUT2D eigenvalue weighted by Gasteiger charge is 2.18. The summed E-state index contributed by atoms with van der Waals surface area (Å²) in [5, 5.41) is 1.37. The Morgan fingerprint density at radius 1 is 1.00 bits per heavy atom. The van der Waals surface area contributed by atoms with Gasteiger partial charge in [0.2, 0.25) is 0 Å². The Labute approximate surface area is 119 Å². The molecular weight excluding hydrogens is 242 g/mol. The van der Waals surface area contributed by atoms with Gasteiger partial charge >= 0.3 is 0 Å². The van der Waals surface area contributed by atoms with Gasteiger partial charge in [-0.25, -0.2) is 0 Å². The molecule has 1 aliphatic rings. The van der Waals surface area contributed by atoms with Crippen LogP contribution in [0.4, 0.5) is 0 Å². The first-order chi connectivity index (χ1) is 9.83. The van der Waals surface area contributed by atoms with E-state index in [4.69, 9.17) is 0 Å². The van der Waals surface area contributed by atoms with Gasteiger partial charge in [0, 0.05) is 16.6 Å². The Hall–Kier alpha value is -2.28. The molecule has 3 aromatic rings. The predicted octanol–water partition coefficient (Wildman–Crippen LogP) is 5.36. The summed E-state index contributed by atoms with van der Waals surface area (Å²) >= 11 is 0. The van der Waals surface area contributed by atoms with Crippen LogP contribution < -0.4 is 0 Å². The Morgan fingerprint density at radius 3 is 2.70 bits per heavy atom.